The highest BCUT2D eigenvalue weighted by Crippen LogP contribution is 2.50. The van der Waals surface area contributed by atoms with Crippen LogP contribution in [0, 0.1) is 35.5 Å². The maximum Gasteiger partial charge on any atom is 0.124 e. The number of hydrogen-bond acceptors (Lipinski definition) is 1. The van der Waals surface area contributed by atoms with Crippen molar-refractivity contribution in [1.29, 1.82) is 0 Å². The molecule has 0 saturated heterocycles. The fraction of sp³-hybridized carbons (Fsp3) is 0.722. The highest BCUT2D eigenvalue weighted by Gasteiger charge is 2.44. The Labute approximate surface area is 118 Å². The van der Waals surface area contributed by atoms with Gasteiger partial charge in [-0.3, -0.25) is 0 Å². The van der Waals surface area contributed by atoms with E-state index in [0.29, 0.717) is 23.7 Å². The summed E-state index contributed by atoms with van der Waals surface area (Å²) < 4.78 is 0. The molecular formula is C18H28O. The van der Waals surface area contributed by atoms with Gasteiger partial charge in [-0.1, -0.05) is 37.1 Å². The smallest absolute Gasteiger partial charge is 0.124 e. The Balaban J connectivity index is 2.40. The zero-order valence-corrected chi connectivity index (χ0v) is 13.0. The second-order valence-corrected chi connectivity index (χ2v) is 6.93. The average molecular weight is 260 g/mol. The second-order valence-electron chi connectivity index (χ2n) is 6.93. The highest BCUT2D eigenvalue weighted by atomic mass is 16.1. The summed E-state index contributed by atoms with van der Waals surface area (Å²) >= 11 is 0. The summed E-state index contributed by atoms with van der Waals surface area (Å²) in [5.74, 6) is 3.17. The van der Waals surface area contributed by atoms with Gasteiger partial charge in [0, 0.05) is 11.8 Å². The lowest BCUT2D eigenvalue weighted by atomic mass is 9.57. The second kappa shape index (κ2) is 5.64. The first-order chi connectivity index (χ1) is 8.99. The number of hydrogen-bond donors (Lipinski definition) is 0. The van der Waals surface area contributed by atoms with E-state index in [2.05, 4.69) is 46.8 Å². The molecule has 0 heterocycles. The van der Waals surface area contributed by atoms with Crippen LogP contribution in [0.3, 0.4) is 0 Å². The molecule has 6 atom stereocenters. The Hall–Kier alpha value is -0.850. The van der Waals surface area contributed by atoms with Crippen LogP contribution in [0.5, 0.6) is 0 Å². The number of rotatable bonds is 2. The number of carbonyl (C=O) groups is 1. The van der Waals surface area contributed by atoms with E-state index in [0.717, 1.165) is 5.92 Å². The number of carbonyl (C=O) groups excluding carboxylic acids is 1. The van der Waals surface area contributed by atoms with Crippen LogP contribution in [-0.4, -0.2) is 6.29 Å². The molecule has 1 fully saturated rings. The van der Waals surface area contributed by atoms with E-state index >= 15 is 0 Å². The van der Waals surface area contributed by atoms with Gasteiger partial charge in [-0.25, -0.2) is 0 Å². The van der Waals surface area contributed by atoms with Gasteiger partial charge in [-0.05, 0) is 57.3 Å². The molecule has 0 bridgehead atoms. The normalized spacial score (nSPS) is 43.4. The zero-order valence-electron chi connectivity index (χ0n) is 13.0. The molecule has 0 spiro atoms. The van der Waals surface area contributed by atoms with E-state index in [-0.39, 0.29) is 5.92 Å². The van der Waals surface area contributed by atoms with Crippen LogP contribution >= 0.6 is 0 Å². The highest BCUT2D eigenvalue weighted by molar-refractivity contribution is 5.58. The van der Waals surface area contributed by atoms with Crippen molar-refractivity contribution >= 4 is 6.29 Å². The predicted molar refractivity (Wildman–Crippen MR) is 80.8 cm³/mol. The molecule has 0 unspecified atom stereocenters. The third kappa shape index (κ3) is 2.57. The lowest BCUT2D eigenvalue weighted by Gasteiger charge is -2.47. The first kappa shape index (κ1) is 14.6. The zero-order chi connectivity index (χ0) is 14.2. The Morgan fingerprint density at radius 2 is 2.00 bits per heavy atom. The monoisotopic (exact) mass is 260 g/mol. The quantitative estimate of drug-likeness (QED) is 0.522. The lowest BCUT2D eigenvalue weighted by molar-refractivity contribution is -0.116. The minimum Gasteiger partial charge on any atom is -0.303 e. The number of allylic oxidation sites excluding steroid dienone is 4. The molecule has 0 aromatic carbocycles. The van der Waals surface area contributed by atoms with Gasteiger partial charge in [0.1, 0.15) is 6.29 Å². The minimum absolute atomic E-state index is 0.189. The summed E-state index contributed by atoms with van der Waals surface area (Å²) in [6.07, 6.45) is 8.44. The van der Waals surface area contributed by atoms with E-state index in [4.69, 9.17) is 0 Å². The molecule has 0 aromatic rings. The van der Waals surface area contributed by atoms with Gasteiger partial charge in [-0.2, -0.15) is 0 Å². The summed E-state index contributed by atoms with van der Waals surface area (Å²) in [6.45, 7) is 11.2. The Morgan fingerprint density at radius 1 is 1.32 bits per heavy atom. The molecule has 2 aliphatic carbocycles. The predicted octanol–water partition coefficient (Wildman–Crippen LogP) is 4.64. The molecule has 0 amide bonds. The Kier molecular flexibility index (Phi) is 4.32. The van der Waals surface area contributed by atoms with Crippen molar-refractivity contribution in [2.45, 2.75) is 47.5 Å². The molecule has 2 rings (SSSR count). The molecule has 1 saturated carbocycles. The minimum atomic E-state index is 0.189. The van der Waals surface area contributed by atoms with Crippen molar-refractivity contribution in [3.8, 4) is 0 Å². The number of aldehydes is 1. The van der Waals surface area contributed by atoms with Gasteiger partial charge in [0.25, 0.3) is 0 Å². The molecule has 2 aliphatic rings. The van der Waals surface area contributed by atoms with Crippen LogP contribution in [0.2, 0.25) is 0 Å². The van der Waals surface area contributed by atoms with Crippen LogP contribution in [0.4, 0.5) is 0 Å². The van der Waals surface area contributed by atoms with E-state index in [1.54, 1.807) is 0 Å². The van der Waals surface area contributed by atoms with Gasteiger partial charge < -0.3 is 4.79 Å². The Morgan fingerprint density at radius 3 is 2.58 bits per heavy atom. The van der Waals surface area contributed by atoms with Crippen LogP contribution in [0.25, 0.3) is 0 Å². The fourth-order valence-electron chi connectivity index (χ4n) is 4.75. The SMILES string of the molecule is C/C=C(\C)[C@@H]1C(C)=C[C@@H]2C[C@H](C)C[C@H](C)[C@@H]2[C@@H]1C=O. The van der Waals surface area contributed by atoms with E-state index in [9.17, 15) is 4.79 Å². The molecule has 19 heavy (non-hydrogen) atoms. The molecule has 106 valence electrons. The molecular weight excluding hydrogens is 232 g/mol. The fourth-order valence-corrected chi connectivity index (χ4v) is 4.75. The van der Waals surface area contributed by atoms with Crippen LogP contribution in [0.1, 0.15) is 47.5 Å². The topological polar surface area (TPSA) is 17.1 Å². The van der Waals surface area contributed by atoms with Crippen LogP contribution in [-0.2, 0) is 4.79 Å². The van der Waals surface area contributed by atoms with Crippen molar-refractivity contribution in [3.63, 3.8) is 0 Å². The first-order valence-corrected chi connectivity index (χ1v) is 7.76. The van der Waals surface area contributed by atoms with Gasteiger partial charge in [0.15, 0.2) is 0 Å². The Bertz CT molecular complexity index is 404. The summed E-state index contributed by atoms with van der Waals surface area (Å²) in [4.78, 5) is 11.8. The van der Waals surface area contributed by atoms with E-state index in [1.165, 1.54) is 30.3 Å². The van der Waals surface area contributed by atoms with Crippen molar-refractivity contribution in [3.05, 3.63) is 23.3 Å². The lowest BCUT2D eigenvalue weighted by Crippen LogP contribution is -2.42. The maximum absolute atomic E-state index is 11.8. The molecule has 0 radical (unpaired) electrons. The van der Waals surface area contributed by atoms with Gasteiger partial charge in [0.2, 0.25) is 0 Å². The standard InChI is InChI=1S/C18H28O/c1-6-12(3)17-14(5)9-15-8-11(2)7-13(4)18(15)16(17)10-19/h6,9-11,13,15-18H,7-8H2,1-5H3/b12-6+/t11-,13+,15+,16-,17-,18+/m1/s1. The molecule has 0 N–H and O–H groups in total. The summed E-state index contributed by atoms with van der Waals surface area (Å²) in [7, 11) is 0. The third-order valence-electron chi connectivity index (χ3n) is 5.50. The summed E-state index contributed by atoms with van der Waals surface area (Å²) in [5.41, 5.74) is 2.77. The van der Waals surface area contributed by atoms with Crippen molar-refractivity contribution < 1.29 is 4.79 Å². The van der Waals surface area contributed by atoms with Crippen molar-refractivity contribution in [1.82, 2.24) is 0 Å². The van der Waals surface area contributed by atoms with Gasteiger partial charge in [-0.15, -0.1) is 0 Å². The van der Waals surface area contributed by atoms with Crippen molar-refractivity contribution in [2.75, 3.05) is 0 Å². The largest absolute Gasteiger partial charge is 0.303 e. The van der Waals surface area contributed by atoms with Crippen LogP contribution < -0.4 is 0 Å². The third-order valence-corrected chi connectivity index (χ3v) is 5.50. The first-order valence-electron chi connectivity index (χ1n) is 7.76. The van der Waals surface area contributed by atoms with Gasteiger partial charge in [0.05, 0.1) is 0 Å². The molecule has 1 nitrogen and oxygen atoms in total. The molecule has 1 heteroatoms. The van der Waals surface area contributed by atoms with Crippen LogP contribution in [0.15, 0.2) is 23.3 Å². The van der Waals surface area contributed by atoms with Gasteiger partial charge >= 0.3 is 0 Å². The van der Waals surface area contributed by atoms with E-state index < -0.39 is 0 Å². The average Bonchev–Trinajstić information content (AvgIpc) is 2.35. The summed E-state index contributed by atoms with van der Waals surface area (Å²) in [5, 5.41) is 0. The number of fused-ring (bicyclic) bond motifs is 1. The molecule has 0 aliphatic heterocycles. The van der Waals surface area contributed by atoms with E-state index in [1.807, 2.05) is 0 Å². The molecule has 0 aromatic heterocycles. The maximum atomic E-state index is 11.8. The summed E-state index contributed by atoms with van der Waals surface area (Å²) in [6, 6.07) is 0. The van der Waals surface area contributed by atoms with Crippen molar-refractivity contribution in [2.24, 2.45) is 35.5 Å².